The molecule has 0 aliphatic heterocycles. The molecule has 0 saturated heterocycles. The van der Waals surface area contributed by atoms with Gasteiger partial charge in [0, 0.05) is 6.61 Å². The van der Waals surface area contributed by atoms with Crippen molar-refractivity contribution in [1.82, 2.24) is 0 Å². The SMILES string of the molecule is C=CC(=C)CCO.Cc1ccc(S(=O)(=O)O)cc1. The minimum Gasteiger partial charge on any atom is -0.396 e. The molecular weight excluding hydrogens is 252 g/mol. The predicted molar refractivity (Wildman–Crippen MR) is 72.0 cm³/mol. The molecule has 0 aliphatic carbocycles. The van der Waals surface area contributed by atoms with Crippen LogP contribution in [-0.2, 0) is 10.1 Å². The summed E-state index contributed by atoms with van der Waals surface area (Å²) in [5.41, 5.74) is 1.85. The van der Waals surface area contributed by atoms with Crippen molar-refractivity contribution in [1.29, 1.82) is 0 Å². The van der Waals surface area contributed by atoms with Gasteiger partial charge in [0.15, 0.2) is 0 Å². The third kappa shape index (κ3) is 7.01. The maximum absolute atomic E-state index is 10.5. The molecule has 0 unspecified atom stereocenters. The molecule has 0 aliphatic rings. The molecule has 0 atom stereocenters. The number of hydrogen-bond acceptors (Lipinski definition) is 3. The third-order valence-electron chi connectivity index (χ3n) is 2.04. The smallest absolute Gasteiger partial charge is 0.294 e. The second-order valence-corrected chi connectivity index (χ2v) is 5.05. The fraction of sp³-hybridized carbons (Fsp3) is 0.231. The average Bonchev–Trinajstić information content (AvgIpc) is 2.29. The van der Waals surface area contributed by atoms with Crippen molar-refractivity contribution in [2.75, 3.05) is 6.61 Å². The highest BCUT2D eigenvalue weighted by Gasteiger charge is 2.06. The fourth-order valence-corrected chi connectivity index (χ4v) is 1.44. The van der Waals surface area contributed by atoms with E-state index in [1.165, 1.54) is 12.1 Å². The van der Waals surface area contributed by atoms with E-state index in [2.05, 4.69) is 13.2 Å². The molecule has 4 nitrogen and oxygen atoms in total. The van der Waals surface area contributed by atoms with Gasteiger partial charge in [0.25, 0.3) is 10.1 Å². The molecule has 0 heterocycles. The third-order valence-corrected chi connectivity index (χ3v) is 2.91. The van der Waals surface area contributed by atoms with E-state index >= 15 is 0 Å². The minimum atomic E-state index is -4.02. The number of allylic oxidation sites excluding steroid dienone is 1. The number of benzene rings is 1. The van der Waals surface area contributed by atoms with Crippen LogP contribution in [0.4, 0.5) is 0 Å². The first kappa shape index (κ1) is 16.6. The number of rotatable bonds is 4. The molecule has 0 aromatic heterocycles. The van der Waals surface area contributed by atoms with Gasteiger partial charge in [-0.1, -0.05) is 42.5 Å². The first-order chi connectivity index (χ1) is 8.31. The molecule has 0 spiro atoms. The van der Waals surface area contributed by atoms with Crippen molar-refractivity contribution >= 4 is 10.1 Å². The largest absolute Gasteiger partial charge is 0.396 e. The van der Waals surface area contributed by atoms with Crippen LogP contribution in [0.1, 0.15) is 12.0 Å². The van der Waals surface area contributed by atoms with Gasteiger partial charge in [-0.3, -0.25) is 4.55 Å². The summed E-state index contributed by atoms with van der Waals surface area (Å²) in [5.74, 6) is 0. The topological polar surface area (TPSA) is 74.6 Å². The van der Waals surface area contributed by atoms with E-state index < -0.39 is 10.1 Å². The van der Waals surface area contributed by atoms with Gasteiger partial charge in [-0.15, -0.1) is 0 Å². The lowest BCUT2D eigenvalue weighted by Crippen LogP contribution is -1.96. The Morgan fingerprint density at radius 2 is 1.83 bits per heavy atom. The van der Waals surface area contributed by atoms with Gasteiger partial charge in [-0.05, 0) is 25.5 Å². The predicted octanol–water partition coefficient (Wildman–Crippen LogP) is 2.35. The van der Waals surface area contributed by atoms with Crippen molar-refractivity contribution in [2.45, 2.75) is 18.2 Å². The first-order valence-electron chi connectivity index (χ1n) is 5.26. The average molecular weight is 270 g/mol. The molecular formula is C13H18O4S. The van der Waals surface area contributed by atoms with Crippen LogP contribution in [0.2, 0.25) is 0 Å². The van der Waals surface area contributed by atoms with Crippen molar-refractivity contribution in [2.24, 2.45) is 0 Å². The molecule has 0 fully saturated rings. The van der Waals surface area contributed by atoms with E-state index in [0.29, 0.717) is 6.42 Å². The van der Waals surface area contributed by atoms with E-state index in [1.54, 1.807) is 18.2 Å². The Bertz CT molecular complexity index is 486. The van der Waals surface area contributed by atoms with Crippen LogP contribution in [0.25, 0.3) is 0 Å². The number of aliphatic hydroxyl groups excluding tert-OH is 1. The summed E-state index contributed by atoms with van der Waals surface area (Å²) >= 11 is 0. The Balaban J connectivity index is 0.000000360. The van der Waals surface area contributed by atoms with Gasteiger partial charge in [0.1, 0.15) is 0 Å². The summed E-state index contributed by atoms with van der Waals surface area (Å²) in [4.78, 5) is -0.0666. The highest BCUT2D eigenvalue weighted by molar-refractivity contribution is 7.85. The first-order valence-corrected chi connectivity index (χ1v) is 6.70. The van der Waals surface area contributed by atoms with E-state index in [4.69, 9.17) is 9.66 Å². The molecule has 18 heavy (non-hydrogen) atoms. The van der Waals surface area contributed by atoms with E-state index in [0.717, 1.165) is 11.1 Å². The van der Waals surface area contributed by atoms with Gasteiger partial charge >= 0.3 is 0 Å². The lowest BCUT2D eigenvalue weighted by atomic mass is 10.2. The van der Waals surface area contributed by atoms with Crippen LogP contribution in [0.15, 0.2) is 54.0 Å². The van der Waals surface area contributed by atoms with Crippen molar-refractivity contribution in [3.63, 3.8) is 0 Å². The Morgan fingerprint density at radius 3 is 2.11 bits per heavy atom. The molecule has 1 aromatic rings. The zero-order chi connectivity index (χ0) is 14.2. The molecule has 2 N–H and O–H groups in total. The molecule has 0 saturated carbocycles. The quantitative estimate of drug-likeness (QED) is 0.650. The second kappa shape index (κ2) is 7.81. The molecule has 5 heteroatoms. The van der Waals surface area contributed by atoms with Crippen LogP contribution in [0.3, 0.4) is 0 Å². The van der Waals surface area contributed by atoms with Crippen molar-refractivity contribution in [3.05, 3.63) is 54.6 Å². The number of aliphatic hydroxyl groups is 1. The van der Waals surface area contributed by atoms with Crippen molar-refractivity contribution in [3.8, 4) is 0 Å². The molecule has 0 amide bonds. The molecule has 1 aromatic carbocycles. The van der Waals surface area contributed by atoms with Crippen LogP contribution in [-0.4, -0.2) is 24.7 Å². The van der Waals surface area contributed by atoms with Crippen LogP contribution in [0.5, 0.6) is 0 Å². The fourth-order valence-electron chi connectivity index (χ4n) is 0.956. The highest BCUT2D eigenvalue weighted by atomic mass is 32.2. The summed E-state index contributed by atoms with van der Waals surface area (Å²) in [5, 5.41) is 8.26. The summed E-state index contributed by atoms with van der Waals surface area (Å²) < 4.78 is 29.6. The summed E-state index contributed by atoms with van der Waals surface area (Å²) in [6.07, 6.45) is 2.29. The highest BCUT2D eigenvalue weighted by Crippen LogP contribution is 2.08. The zero-order valence-corrected chi connectivity index (χ0v) is 11.2. The van der Waals surface area contributed by atoms with Crippen LogP contribution >= 0.6 is 0 Å². The second-order valence-electron chi connectivity index (χ2n) is 3.62. The Hall–Kier alpha value is -1.43. The maximum Gasteiger partial charge on any atom is 0.294 e. The van der Waals surface area contributed by atoms with Gasteiger partial charge in [-0.25, -0.2) is 0 Å². The van der Waals surface area contributed by atoms with E-state index in [1.807, 2.05) is 6.92 Å². The Kier molecular flexibility index (Phi) is 7.19. The standard InChI is InChI=1S/C7H8O3S.C6H10O/c1-6-2-4-7(5-3-6)11(8,9)10;1-3-6(2)4-5-7/h2-5H,1H3,(H,8,9,10);3,7H,1-2,4-5H2. The van der Waals surface area contributed by atoms with Gasteiger partial charge in [0.05, 0.1) is 4.90 Å². The molecule has 1 rings (SSSR count). The number of aryl methyl sites for hydroxylation is 1. The Morgan fingerprint density at radius 1 is 1.33 bits per heavy atom. The zero-order valence-electron chi connectivity index (χ0n) is 10.3. The van der Waals surface area contributed by atoms with E-state index in [9.17, 15) is 8.42 Å². The Labute approximate surface area is 108 Å². The summed E-state index contributed by atoms with van der Waals surface area (Å²) in [6, 6.07) is 5.99. The molecule has 0 bridgehead atoms. The minimum absolute atomic E-state index is 0.0666. The van der Waals surface area contributed by atoms with E-state index in [-0.39, 0.29) is 11.5 Å². The molecule has 0 radical (unpaired) electrons. The monoisotopic (exact) mass is 270 g/mol. The van der Waals surface area contributed by atoms with Crippen molar-refractivity contribution < 1.29 is 18.1 Å². The van der Waals surface area contributed by atoms with Gasteiger partial charge < -0.3 is 5.11 Å². The van der Waals surface area contributed by atoms with Crippen LogP contribution in [0, 0.1) is 6.92 Å². The maximum atomic E-state index is 10.5. The lowest BCUT2D eigenvalue weighted by molar-refractivity contribution is 0.300. The van der Waals surface area contributed by atoms with Gasteiger partial charge in [-0.2, -0.15) is 8.42 Å². The van der Waals surface area contributed by atoms with Crippen LogP contribution < -0.4 is 0 Å². The summed E-state index contributed by atoms with van der Waals surface area (Å²) in [7, 11) is -4.02. The van der Waals surface area contributed by atoms with Gasteiger partial charge in [0.2, 0.25) is 0 Å². The summed E-state index contributed by atoms with van der Waals surface area (Å²) in [6.45, 7) is 9.07. The number of hydrogen-bond donors (Lipinski definition) is 2. The normalized spacial score (nSPS) is 10.2. The molecule has 100 valence electrons. The lowest BCUT2D eigenvalue weighted by Gasteiger charge is -1.95.